The predicted octanol–water partition coefficient (Wildman–Crippen LogP) is 5.90. The Morgan fingerprint density at radius 3 is 2.43 bits per heavy atom. The molecule has 0 heterocycles. The monoisotopic (exact) mass is 593 g/mol. The smallest absolute Gasteiger partial charge is 0.160 e. The summed E-state index contributed by atoms with van der Waals surface area (Å²) in [6.07, 6.45) is 0.180. The predicted molar refractivity (Wildman–Crippen MR) is 133 cm³/mol. The number of hydroxylamine groups is 1. The average molecular weight is 594 g/mol. The van der Waals surface area contributed by atoms with Crippen LogP contribution in [-0.2, 0) is 58.6 Å². The zero-order chi connectivity index (χ0) is 24.6. The molecule has 1 unspecified atom stereocenters. The number of hydrogen-bond acceptors (Lipinski definition) is 6. The van der Waals surface area contributed by atoms with Crippen molar-refractivity contribution >= 4 is 28.9 Å². The Balaban J connectivity index is 0.00000612. The third-order valence-electron chi connectivity index (χ3n) is 4.54. The summed E-state index contributed by atoms with van der Waals surface area (Å²) in [7, 11) is 0. The summed E-state index contributed by atoms with van der Waals surface area (Å²) in [5.41, 5.74) is 6.23. The van der Waals surface area contributed by atoms with E-state index in [2.05, 4.69) is 38.2 Å². The van der Waals surface area contributed by atoms with Crippen LogP contribution in [0.2, 0.25) is 10.0 Å². The van der Waals surface area contributed by atoms with Gasteiger partial charge in [-0.25, -0.2) is 0 Å². The van der Waals surface area contributed by atoms with E-state index in [0.717, 1.165) is 11.3 Å². The molecule has 0 spiro atoms. The van der Waals surface area contributed by atoms with E-state index in [1.807, 2.05) is 31.2 Å². The normalized spacial score (nSPS) is 11.1. The SMILES string of the molecule is CCOO[N-]CC#CCOC(CCN(Cc1ccc(Cl)c(Cl)c1)c1ccc(C#N)cc1)OCC.[Y]. The maximum Gasteiger partial charge on any atom is 0.160 e. The minimum atomic E-state index is -0.425. The molecule has 0 saturated heterocycles. The third-order valence-corrected chi connectivity index (χ3v) is 5.28. The number of hydrogen-bond donors (Lipinski definition) is 0. The van der Waals surface area contributed by atoms with Gasteiger partial charge in [0.25, 0.3) is 0 Å². The molecule has 185 valence electrons. The first-order valence-electron chi connectivity index (χ1n) is 10.9. The average Bonchev–Trinajstić information content (AvgIpc) is 2.85. The molecule has 0 N–H and O–H groups in total. The van der Waals surface area contributed by atoms with Gasteiger partial charge in [0.2, 0.25) is 0 Å². The zero-order valence-corrected chi connectivity index (χ0v) is 24.2. The molecule has 0 amide bonds. The third kappa shape index (κ3) is 12.5. The van der Waals surface area contributed by atoms with Crippen molar-refractivity contribution in [2.24, 2.45) is 0 Å². The quantitative estimate of drug-likeness (QED) is 0.0892. The van der Waals surface area contributed by atoms with Crippen LogP contribution in [0.1, 0.15) is 31.4 Å². The number of ether oxygens (including phenoxy) is 2. The number of rotatable bonds is 14. The van der Waals surface area contributed by atoms with Gasteiger partial charge in [-0.3, -0.25) is 4.89 Å². The molecule has 2 aromatic rings. The molecule has 1 radical (unpaired) electrons. The van der Waals surface area contributed by atoms with Crippen molar-refractivity contribution in [2.75, 3.05) is 37.8 Å². The summed E-state index contributed by atoms with van der Waals surface area (Å²) in [5, 5.41) is 10.1. The maximum atomic E-state index is 9.11. The first-order chi connectivity index (χ1) is 16.6. The molecule has 0 aliphatic carbocycles. The first-order valence-corrected chi connectivity index (χ1v) is 11.7. The molecule has 2 aromatic carbocycles. The van der Waals surface area contributed by atoms with Crippen molar-refractivity contribution < 1.29 is 52.1 Å². The van der Waals surface area contributed by atoms with Crippen molar-refractivity contribution in [3.05, 3.63) is 69.1 Å². The molecule has 0 saturated carbocycles. The molecule has 35 heavy (non-hydrogen) atoms. The Bertz CT molecular complexity index is 977. The molecule has 0 aliphatic heterocycles. The summed E-state index contributed by atoms with van der Waals surface area (Å²) in [4.78, 5) is 11.4. The van der Waals surface area contributed by atoms with Crippen molar-refractivity contribution in [1.82, 2.24) is 0 Å². The van der Waals surface area contributed by atoms with E-state index in [0.29, 0.717) is 48.3 Å². The summed E-state index contributed by atoms with van der Waals surface area (Å²) in [6.45, 7) is 6.29. The molecule has 2 rings (SSSR count). The summed E-state index contributed by atoms with van der Waals surface area (Å²) in [5.74, 6) is 5.71. The topological polar surface area (TPSA) is 78.1 Å². The van der Waals surface area contributed by atoms with Crippen LogP contribution in [0.3, 0.4) is 0 Å². The summed E-state index contributed by atoms with van der Waals surface area (Å²) >= 11 is 12.3. The fourth-order valence-corrected chi connectivity index (χ4v) is 3.28. The van der Waals surface area contributed by atoms with Gasteiger partial charge in [0, 0.05) is 64.5 Å². The van der Waals surface area contributed by atoms with Gasteiger partial charge in [-0.15, -0.1) is 5.92 Å². The first kappa shape index (κ1) is 31.8. The van der Waals surface area contributed by atoms with Crippen LogP contribution in [0.25, 0.3) is 5.48 Å². The Labute approximate surface area is 242 Å². The van der Waals surface area contributed by atoms with Crippen LogP contribution in [-0.4, -0.2) is 39.2 Å². The van der Waals surface area contributed by atoms with Crippen LogP contribution in [0.5, 0.6) is 0 Å². The van der Waals surface area contributed by atoms with Crippen molar-refractivity contribution in [3.63, 3.8) is 0 Å². The Morgan fingerprint density at radius 1 is 1.00 bits per heavy atom. The second-order valence-electron chi connectivity index (χ2n) is 6.94. The molecular formula is C25H28Cl2N3O4Y-. The molecular weight excluding hydrogens is 566 g/mol. The number of anilines is 1. The summed E-state index contributed by atoms with van der Waals surface area (Å²) < 4.78 is 11.5. The van der Waals surface area contributed by atoms with E-state index in [1.54, 1.807) is 25.1 Å². The van der Waals surface area contributed by atoms with Gasteiger partial charge in [-0.2, -0.15) is 5.26 Å². The molecule has 0 fully saturated rings. The second kappa shape index (κ2) is 19.0. The van der Waals surface area contributed by atoms with Crippen LogP contribution in [0.15, 0.2) is 42.5 Å². The van der Waals surface area contributed by atoms with E-state index in [1.165, 1.54) is 0 Å². The molecule has 0 aromatic heterocycles. The number of benzene rings is 2. The van der Waals surface area contributed by atoms with E-state index >= 15 is 0 Å². The molecule has 10 heteroatoms. The van der Waals surface area contributed by atoms with Gasteiger partial charge in [-0.1, -0.05) is 41.7 Å². The van der Waals surface area contributed by atoms with Crippen molar-refractivity contribution in [2.45, 2.75) is 33.1 Å². The molecule has 0 bridgehead atoms. The number of nitriles is 1. The fourth-order valence-electron chi connectivity index (χ4n) is 2.96. The second-order valence-corrected chi connectivity index (χ2v) is 7.75. The fraction of sp³-hybridized carbons (Fsp3) is 0.400. The van der Waals surface area contributed by atoms with Crippen LogP contribution in [0, 0.1) is 23.2 Å². The van der Waals surface area contributed by atoms with Gasteiger partial charge < -0.3 is 24.8 Å². The molecule has 7 nitrogen and oxygen atoms in total. The minimum absolute atomic E-state index is 0. The van der Waals surface area contributed by atoms with E-state index in [9.17, 15) is 0 Å². The largest absolute Gasteiger partial charge is 0.490 e. The van der Waals surface area contributed by atoms with Gasteiger partial charge in [0.1, 0.15) is 6.61 Å². The number of nitrogens with zero attached hydrogens (tertiary/aromatic N) is 3. The van der Waals surface area contributed by atoms with Crippen molar-refractivity contribution in [3.8, 4) is 17.9 Å². The van der Waals surface area contributed by atoms with Gasteiger partial charge in [-0.05, 0) is 55.8 Å². The van der Waals surface area contributed by atoms with E-state index < -0.39 is 6.29 Å². The molecule has 1 atom stereocenters. The van der Waals surface area contributed by atoms with Crippen LogP contribution >= 0.6 is 23.2 Å². The van der Waals surface area contributed by atoms with E-state index in [-0.39, 0.29) is 45.9 Å². The van der Waals surface area contributed by atoms with Gasteiger partial charge >= 0.3 is 0 Å². The Kier molecular flexibility index (Phi) is 17.2. The minimum Gasteiger partial charge on any atom is -0.490 e. The Morgan fingerprint density at radius 2 is 1.77 bits per heavy atom. The summed E-state index contributed by atoms with van der Waals surface area (Å²) in [6, 6.07) is 15.2. The standard InChI is InChI=1S/C25H28Cl2N3O4.Y/c1-3-31-25(32-16-6-5-14-29-34-33-4-2)13-15-30(22-10-7-20(18-28)8-11-22)19-21-9-12-23(26)24(27)17-21;/h7-12,17,25H,3-4,13-16,19H2,1-2H3;/q-1;. The molecule has 0 aliphatic rings. The van der Waals surface area contributed by atoms with E-state index in [4.69, 9.17) is 37.9 Å². The van der Waals surface area contributed by atoms with Crippen LogP contribution < -0.4 is 4.90 Å². The van der Waals surface area contributed by atoms with Gasteiger partial charge in [0.05, 0.1) is 28.3 Å². The Hall–Kier alpha value is -1.23. The maximum absolute atomic E-state index is 9.11. The van der Waals surface area contributed by atoms with Gasteiger partial charge in [0.15, 0.2) is 6.29 Å². The van der Waals surface area contributed by atoms with Crippen molar-refractivity contribution in [1.29, 1.82) is 5.26 Å². The van der Waals surface area contributed by atoms with Crippen LogP contribution in [0.4, 0.5) is 5.69 Å². The zero-order valence-electron chi connectivity index (χ0n) is 19.9. The number of halogens is 2.